The molecule has 6 nitrogen and oxygen atoms in total. The Labute approximate surface area is 149 Å². The number of nitro groups is 1. The Morgan fingerprint density at radius 2 is 1.64 bits per heavy atom. The minimum Gasteiger partial charge on any atom is -0.353 e. The zero-order valence-corrected chi connectivity index (χ0v) is 14.5. The Kier molecular flexibility index (Phi) is 5.04. The van der Waals surface area contributed by atoms with Gasteiger partial charge in [0.15, 0.2) is 5.82 Å². The number of nitrogens with zero attached hydrogens (tertiary/aromatic N) is 3. The SMILES string of the molecule is CN1CCN(C(=O)c2ccccc2)/C1=C(/Sc1ccccc1)[N+](=O)[O-]. The fourth-order valence-corrected chi connectivity index (χ4v) is 3.59. The van der Waals surface area contributed by atoms with Gasteiger partial charge < -0.3 is 4.90 Å². The lowest BCUT2D eigenvalue weighted by Crippen LogP contribution is -2.30. The molecule has 1 heterocycles. The molecule has 0 spiro atoms. The summed E-state index contributed by atoms with van der Waals surface area (Å²) in [7, 11) is 1.77. The van der Waals surface area contributed by atoms with E-state index in [9.17, 15) is 14.9 Å². The molecule has 0 radical (unpaired) electrons. The van der Waals surface area contributed by atoms with Crippen LogP contribution in [0.3, 0.4) is 0 Å². The Bertz CT molecular complexity index is 809. The maximum absolute atomic E-state index is 12.8. The highest BCUT2D eigenvalue weighted by Gasteiger charge is 2.36. The van der Waals surface area contributed by atoms with Crippen LogP contribution in [-0.2, 0) is 0 Å². The summed E-state index contributed by atoms with van der Waals surface area (Å²) in [5, 5.41) is 11.7. The van der Waals surface area contributed by atoms with E-state index in [-0.39, 0.29) is 10.9 Å². The number of thioether (sulfide) groups is 1. The summed E-state index contributed by atoms with van der Waals surface area (Å²) in [6.07, 6.45) is 0. The maximum Gasteiger partial charge on any atom is 0.348 e. The van der Waals surface area contributed by atoms with E-state index in [0.717, 1.165) is 16.7 Å². The molecular formula is C18H17N3O3S. The van der Waals surface area contributed by atoms with Gasteiger partial charge in [0.25, 0.3) is 5.91 Å². The lowest BCUT2D eigenvalue weighted by atomic mass is 10.2. The van der Waals surface area contributed by atoms with Gasteiger partial charge in [0.05, 0.1) is 4.92 Å². The average molecular weight is 355 g/mol. The molecule has 3 rings (SSSR count). The fourth-order valence-electron chi connectivity index (χ4n) is 2.65. The largest absolute Gasteiger partial charge is 0.353 e. The summed E-state index contributed by atoms with van der Waals surface area (Å²) in [6.45, 7) is 0.979. The van der Waals surface area contributed by atoms with E-state index in [4.69, 9.17) is 0 Å². The lowest BCUT2D eigenvalue weighted by Gasteiger charge is -2.20. The predicted octanol–water partition coefficient (Wildman–Crippen LogP) is 3.27. The molecule has 0 bridgehead atoms. The van der Waals surface area contributed by atoms with Crippen LogP contribution in [0.1, 0.15) is 10.4 Å². The van der Waals surface area contributed by atoms with Gasteiger partial charge in [0.1, 0.15) is 0 Å². The van der Waals surface area contributed by atoms with Gasteiger partial charge in [-0.05, 0) is 36.0 Å². The number of likely N-dealkylation sites (N-methyl/N-ethyl adjacent to an activating group) is 1. The zero-order chi connectivity index (χ0) is 17.8. The second-order valence-electron chi connectivity index (χ2n) is 5.55. The molecule has 128 valence electrons. The van der Waals surface area contributed by atoms with Crippen molar-refractivity contribution >= 4 is 17.7 Å². The smallest absolute Gasteiger partial charge is 0.348 e. The van der Waals surface area contributed by atoms with Gasteiger partial charge in [-0.3, -0.25) is 19.8 Å². The van der Waals surface area contributed by atoms with Crippen LogP contribution in [0, 0.1) is 10.1 Å². The quantitative estimate of drug-likeness (QED) is 0.478. The van der Waals surface area contributed by atoms with Gasteiger partial charge in [0, 0.05) is 30.6 Å². The Hall–Kier alpha value is -2.80. The van der Waals surface area contributed by atoms with Crippen molar-refractivity contribution in [2.75, 3.05) is 20.1 Å². The molecular weight excluding hydrogens is 338 g/mol. The highest BCUT2D eigenvalue weighted by molar-refractivity contribution is 8.02. The second-order valence-corrected chi connectivity index (χ2v) is 6.61. The van der Waals surface area contributed by atoms with E-state index in [1.54, 1.807) is 36.2 Å². The van der Waals surface area contributed by atoms with Gasteiger partial charge in [-0.15, -0.1) is 0 Å². The van der Waals surface area contributed by atoms with Gasteiger partial charge in [-0.25, -0.2) is 0 Å². The van der Waals surface area contributed by atoms with E-state index in [0.29, 0.717) is 24.5 Å². The van der Waals surface area contributed by atoms with Crippen LogP contribution < -0.4 is 0 Å². The molecule has 2 aromatic carbocycles. The van der Waals surface area contributed by atoms with Crippen LogP contribution in [0.25, 0.3) is 0 Å². The molecule has 0 unspecified atom stereocenters. The number of carbonyl (C=O) groups is 1. The lowest BCUT2D eigenvalue weighted by molar-refractivity contribution is -0.413. The molecule has 25 heavy (non-hydrogen) atoms. The van der Waals surface area contributed by atoms with E-state index >= 15 is 0 Å². The van der Waals surface area contributed by atoms with Crippen molar-refractivity contribution in [3.05, 3.63) is 87.2 Å². The van der Waals surface area contributed by atoms with Crippen molar-refractivity contribution in [3.63, 3.8) is 0 Å². The molecule has 0 N–H and O–H groups in total. The monoisotopic (exact) mass is 355 g/mol. The van der Waals surface area contributed by atoms with Crippen LogP contribution in [0.4, 0.5) is 0 Å². The fraction of sp³-hybridized carbons (Fsp3) is 0.167. The molecule has 7 heteroatoms. The standard InChI is InChI=1S/C18H17N3O3S/c1-19-12-13-20(17(22)14-8-4-2-5-9-14)16(19)18(21(23)24)25-15-10-6-3-7-11-15/h2-11H,12-13H2,1H3/b18-16+. The molecule has 0 aliphatic carbocycles. The Morgan fingerprint density at radius 3 is 2.24 bits per heavy atom. The van der Waals surface area contributed by atoms with E-state index in [2.05, 4.69) is 0 Å². The number of carbonyl (C=O) groups excluding carboxylic acids is 1. The number of amides is 1. The number of benzene rings is 2. The van der Waals surface area contributed by atoms with Crippen LogP contribution in [0.15, 0.2) is 76.4 Å². The molecule has 1 aliphatic rings. The third-order valence-corrected chi connectivity index (χ3v) is 4.89. The first-order chi connectivity index (χ1) is 12.1. The van der Waals surface area contributed by atoms with Crippen molar-refractivity contribution in [2.45, 2.75) is 4.90 Å². The molecule has 1 fully saturated rings. The minimum atomic E-state index is -0.417. The van der Waals surface area contributed by atoms with E-state index < -0.39 is 4.92 Å². The first kappa shape index (κ1) is 17.0. The van der Waals surface area contributed by atoms with Gasteiger partial charge >= 0.3 is 5.03 Å². The Morgan fingerprint density at radius 1 is 1.04 bits per heavy atom. The van der Waals surface area contributed by atoms with Crippen LogP contribution >= 0.6 is 11.8 Å². The minimum absolute atomic E-state index is 0.0459. The summed E-state index contributed by atoms with van der Waals surface area (Å²) in [5.41, 5.74) is 0.516. The Balaban J connectivity index is 2.00. The number of hydrogen-bond donors (Lipinski definition) is 0. The highest BCUT2D eigenvalue weighted by atomic mass is 32.2. The summed E-state index contributed by atoms with van der Waals surface area (Å²) < 4.78 is 0. The van der Waals surface area contributed by atoms with E-state index in [1.807, 2.05) is 36.4 Å². The predicted molar refractivity (Wildman–Crippen MR) is 96.4 cm³/mol. The molecule has 0 saturated carbocycles. The molecule has 0 aromatic heterocycles. The third-order valence-electron chi connectivity index (χ3n) is 3.86. The molecule has 1 saturated heterocycles. The molecule has 2 aromatic rings. The van der Waals surface area contributed by atoms with Gasteiger partial charge in [-0.1, -0.05) is 36.4 Å². The molecule has 1 aliphatic heterocycles. The summed E-state index contributed by atoms with van der Waals surface area (Å²) in [5.74, 6) is 0.112. The number of hydrogen-bond acceptors (Lipinski definition) is 5. The maximum atomic E-state index is 12.8. The van der Waals surface area contributed by atoms with Crippen LogP contribution in [0.2, 0.25) is 0 Å². The summed E-state index contributed by atoms with van der Waals surface area (Å²) in [6, 6.07) is 18.0. The van der Waals surface area contributed by atoms with Crippen LogP contribution in [0.5, 0.6) is 0 Å². The van der Waals surface area contributed by atoms with Crippen molar-refractivity contribution in [1.82, 2.24) is 9.80 Å². The normalized spacial score (nSPS) is 16.0. The first-order valence-electron chi connectivity index (χ1n) is 7.77. The molecule has 1 amide bonds. The highest BCUT2D eigenvalue weighted by Crippen LogP contribution is 2.34. The molecule has 0 atom stereocenters. The summed E-state index contributed by atoms with van der Waals surface area (Å²) >= 11 is 1.06. The first-order valence-corrected chi connectivity index (χ1v) is 8.59. The third kappa shape index (κ3) is 3.66. The van der Waals surface area contributed by atoms with Gasteiger partial charge in [0.2, 0.25) is 0 Å². The van der Waals surface area contributed by atoms with Crippen molar-refractivity contribution < 1.29 is 9.72 Å². The van der Waals surface area contributed by atoms with E-state index in [1.165, 1.54) is 4.90 Å². The van der Waals surface area contributed by atoms with Crippen LogP contribution in [-0.4, -0.2) is 40.8 Å². The van der Waals surface area contributed by atoms with Crippen molar-refractivity contribution in [2.24, 2.45) is 0 Å². The number of rotatable bonds is 4. The van der Waals surface area contributed by atoms with Gasteiger partial charge in [-0.2, -0.15) is 0 Å². The second kappa shape index (κ2) is 7.40. The average Bonchev–Trinajstić information content (AvgIpc) is 3.01. The zero-order valence-electron chi connectivity index (χ0n) is 13.7. The summed E-state index contributed by atoms with van der Waals surface area (Å²) in [4.78, 5) is 28.1. The van der Waals surface area contributed by atoms with Crippen molar-refractivity contribution in [3.8, 4) is 0 Å². The topological polar surface area (TPSA) is 66.7 Å². The van der Waals surface area contributed by atoms with Crippen molar-refractivity contribution in [1.29, 1.82) is 0 Å².